The van der Waals surface area contributed by atoms with Crippen molar-refractivity contribution in [2.75, 3.05) is 0 Å². The molecule has 0 saturated heterocycles. The molecule has 1 radical (unpaired) electrons. The van der Waals surface area contributed by atoms with Gasteiger partial charge in [-0.25, -0.2) is 0 Å². The van der Waals surface area contributed by atoms with Crippen LogP contribution in [0.1, 0.15) is 0 Å². The molecule has 2 rings (SSSR count). The summed E-state index contributed by atoms with van der Waals surface area (Å²) >= 11 is 3.39. The normalized spacial score (nSPS) is 9.92. The summed E-state index contributed by atoms with van der Waals surface area (Å²) in [6.45, 7) is 0. The summed E-state index contributed by atoms with van der Waals surface area (Å²) in [6.07, 6.45) is 3.62. The van der Waals surface area contributed by atoms with Crippen LogP contribution in [0, 0.1) is 6.07 Å². The minimum atomic E-state index is 0.994. The summed E-state index contributed by atoms with van der Waals surface area (Å²) in [7, 11) is 0. The molecule has 1 heterocycles. The highest BCUT2D eigenvalue weighted by Crippen LogP contribution is 2.20. The van der Waals surface area contributed by atoms with Gasteiger partial charge in [0, 0.05) is 22.4 Å². The molecule has 2 aromatic rings. The van der Waals surface area contributed by atoms with Crippen LogP contribution >= 0.6 is 15.9 Å². The molecule has 0 aliphatic carbocycles. The Morgan fingerprint density at radius 2 is 2.15 bits per heavy atom. The molecule has 1 aromatic heterocycles. The fourth-order valence-electron chi connectivity index (χ4n) is 1.14. The van der Waals surface area contributed by atoms with Gasteiger partial charge in [-0.15, -0.1) is 0 Å². The van der Waals surface area contributed by atoms with E-state index < -0.39 is 0 Å². The fourth-order valence-corrected chi connectivity index (χ4v) is 1.51. The predicted molar refractivity (Wildman–Crippen MR) is 56.2 cm³/mol. The van der Waals surface area contributed by atoms with Crippen molar-refractivity contribution >= 4 is 15.9 Å². The topological polar surface area (TPSA) is 12.9 Å². The lowest BCUT2D eigenvalue weighted by Gasteiger charge is -1.99. The first kappa shape index (κ1) is 8.45. The first-order chi connectivity index (χ1) is 6.36. The van der Waals surface area contributed by atoms with Gasteiger partial charge in [0.25, 0.3) is 0 Å². The quantitative estimate of drug-likeness (QED) is 0.736. The standard InChI is InChI=1S/C11H7BrN/c12-11-6-10(7-13-8-11)9-4-2-1-3-5-9/h1-2,4-8H. The van der Waals surface area contributed by atoms with Crippen LogP contribution in [0.2, 0.25) is 0 Å². The highest BCUT2D eigenvalue weighted by atomic mass is 79.9. The third-order valence-electron chi connectivity index (χ3n) is 1.75. The van der Waals surface area contributed by atoms with Crippen molar-refractivity contribution in [2.24, 2.45) is 0 Å². The number of hydrogen-bond donors (Lipinski definition) is 0. The Kier molecular flexibility index (Phi) is 2.41. The summed E-state index contributed by atoms with van der Waals surface area (Å²) in [4.78, 5) is 4.10. The van der Waals surface area contributed by atoms with E-state index in [9.17, 15) is 0 Å². The number of halogens is 1. The van der Waals surface area contributed by atoms with Crippen LogP contribution in [0.15, 0.2) is 47.2 Å². The second-order valence-electron chi connectivity index (χ2n) is 2.68. The van der Waals surface area contributed by atoms with E-state index in [0.29, 0.717) is 0 Å². The molecule has 0 atom stereocenters. The largest absolute Gasteiger partial charge is 0.263 e. The van der Waals surface area contributed by atoms with Gasteiger partial charge in [0.05, 0.1) is 0 Å². The van der Waals surface area contributed by atoms with Crippen LogP contribution in [0.5, 0.6) is 0 Å². The van der Waals surface area contributed by atoms with Crippen LogP contribution < -0.4 is 0 Å². The average Bonchev–Trinajstić information content (AvgIpc) is 2.19. The molecule has 0 unspecified atom stereocenters. The van der Waals surface area contributed by atoms with Gasteiger partial charge in [-0.1, -0.05) is 18.2 Å². The molecule has 0 amide bonds. The number of hydrogen-bond acceptors (Lipinski definition) is 1. The van der Waals surface area contributed by atoms with E-state index in [2.05, 4.69) is 27.0 Å². The zero-order valence-electron chi connectivity index (χ0n) is 6.87. The van der Waals surface area contributed by atoms with Crippen molar-refractivity contribution in [1.29, 1.82) is 0 Å². The summed E-state index contributed by atoms with van der Waals surface area (Å²) in [5, 5.41) is 0. The van der Waals surface area contributed by atoms with E-state index in [1.807, 2.05) is 36.5 Å². The van der Waals surface area contributed by atoms with Crippen LogP contribution in [0.4, 0.5) is 0 Å². The van der Waals surface area contributed by atoms with E-state index in [0.717, 1.165) is 15.6 Å². The number of aromatic nitrogens is 1. The Morgan fingerprint density at radius 1 is 1.23 bits per heavy atom. The second-order valence-corrected chi connectivity index (χ2v) is 3.60. The lowest BCUT2D eigenvalue weighted by Crippen LogP contribution is -1.79. The van der Waals surface area contributed by atoms with Crippen molar-refractivity contribution in [3.8, 4) is 11.1 Å². The number of nitrogens with zero attached hydrogens (tertiary/aromatic N) is 1. The summed E-state index contributed by atoms with van der Waals surface area (Å²) in [6, 6.07) is 12.9. The van der Waals surface area contributed by atoms with Gasteiger partial charge >= 0.3 is 0 Å². The van der Waals surface area contributed by atoms with Crippen LogP contribution in [-0.4, -0.2) is 4.98 Å². The molecule has 13 heavy (non-hydrogen) atoms. The third kappa shape index (κ3) is 1.95. The van der Waals surface area contributed by atoms with Crippen LogP contribution in [0.25, 0.3) is 11.1 Å². The molecule has 0 spiro atoms. The first-order valence-electron chi connectivity index (χ1n) is 3.93. The van der Waals surface area contributed by atoms with Gasteiger partial charge in [-0.3, -0.25) is 4.98 Å². The SMILES string of the molecule is Brc1cncc(-c2c[c]ccc2)c1. The Balaban J connectivity index is 2.48. The molecule has 0 aliphatic rings. The minimum Gasteiger partial charge on any atom is -0.263 e. The molecule has 1 aromatic carbocycles. The molecule has 63 valence electrons. The molecular formula is C11H7BrN. The molecular weight excluding hydrogens is 226 g/mol. The lowest BCUT2D eigenvalue weighted by molar-refractivity contribution is 1.31. The molecule has 0 aliphatic heterocycles. The Labute approximate surface area is 85.6 Å². The number of pyridine rings is 1. The first-order valence-corrected chi connectivity index (χ1v) is 4.72. The van der Waals surface area contributed by atoms with Gasteiger partial charge in [0.15, 0.2) is 0 Å². The second kappa shape index (κ2) is 3.71. The average molecular weight is 233 g/mol. The molecule has 0 fully saturated rings. The van der Waals surface area contributed by atoms with E-state index in [1.165, 1.54) is 0 Å². The van der Waals surface area contributed by atoms with Gasteiger partial charge in [-0.05, 0) is 39.7 Å². The van der Waals surface area contributed by atoms with E-state index in [1.54, 1.807) is 6.20 Å². The summed E-state index contributed by atoms with van der Waals surface area (Å²) in [5.74, 6) is 0. The maximum absolute atomic E-state index is 4.10. The Hall–Kier alpha value is -1.15. The third-order valence-corrected chi connectivity index (χ3v) is 2.18. The monoisotopic (exact) mass is 232 g/mol. The van der Waals surface area contributed by atoms with Gasteiger partial charge in [0.2, 0.25) is 0 Å². The molecule has 0 N–H and O–H groups in total. The minimum absolute atomic E-state index is 0.994. The summed E-state index contributed by atoms with van der Waals surface area (Å²) < 4.78 is 0.994. The maximum Gasteiger partial charge on any atom is 0.0410 e. The van der Waals surface area contributed by atoms with E-state index in [-0.39, 0.29) is 0 Å². The zero-order chi connectivity index (χ0) is 9.10. The van der Waals surface area contributed by atoms with Crippen molar-refractivity contribution in [1.82, 2.24) is 4.98 Å². The van der Waals surface area contributed by atoms with E-state index in [4.69, 9.17) is 0 Å². The van der Waals surface area contributed by atoms with Crippen molar-refractivity contribution < 1.29 is 0 Å². The smallest absolute Gasteiger partial charge is 0.0410 e. The van der Waals surface area contributed by atoms with Crippen LogP contribution in [0.3, 0.4) is 0 Å². The van der Waals surface area contributed by atoms with Crippen molar-refractivity contribution in [3.63, 3.8) is 0 Å². The van der Waals surface area contributed by atoms with Gasteiger partial charge in [-0.2, -0.15) is 0 Å². The van der Waals surface area contributed by atoms with E-state index >= 15 is 0 Å². The predicted octanol–water partition coefficient (Wildman–Crippen LogP) is 3.31. The lowest BCUT2D eigenvalue weighted by atomic mass is 10.1. The molecule has 1 nitrogen and oxygen atoms in total. The highest BCUT2D eigenvalue weighted by Gasteiger charge is 1.96. The molecule has 0 saturated carbocycles. The fraction of sp³-hybridized carbons (Fsp3) is 0. The van der Waals surface area contributed by atoms with Gasteiger partial charge in [0.1, 0.15) is 0 Å². The van der Waals surface area contributed by atoms with Crippen molar-refractivity contribution in [3.05, 3.63) is 53.3 Å². The zero-order valence-corrected chi connectivity index (χ0v) is 8.45. The highest BCUT2D eigenvalue weighted by molar-refractivity contribution is 9.10. The molecule has 0 bridgehead atoms. The molecule has 2 heteroatoms. The Morgan fingerprint density at radius 3 is 2.85 bits per heavy atom. The maximum atomic E-state index is 4.10. The number of benzene rings is 1. The van der Waals surface area contributed by atoms with Gasteiger partial charge < -0.3 is 0 Å². The summed E-state index contributed by atoms with van der Waals surface area (Å²) in [5.41, 5.74) is 2.24. The number of rotatable bonds is 1. The van der Waals surface area contributed by atoms with Crippen LogP contribution in [-0.2, 0) is 0 Å². The Bertz CT molecular complexity index is 398. The van der Waals surface area contributed by atoms with Crippen molar-refractivity contribution in [2.45, 2.75) is 0 Å².